The van der Waals surface area contributed by atoms with Gasteiger partial charge < -0.3 is 9.32 Å². The summed E-state index contributed by atoms with van der Waals surface area (Å²) in [6.45, 7) is 10.4. The zero-order valence-electron chi connectivity index (χ0n) is 16.1. The zero-order chi connectivity index (χ0) is 18.8. The van der Waals surface area contributed by atoms with Crippen molar-refractivity contribution in [2.45, 2.75) is 71.2 Å². The minimum absolute atomic E-state index is 0.0975. The zero-order valence-corrected chi connectivity index (χ0v) is 17.7. The van der Waals surface area contributed by atoms with Gasteiger partial charge in [-0.3, -0.25) is 4.79 Å². The molecule has 0 aromatic carbocycles. The fourth-order valence-electron chi connectivity index (χ4n) is 3.55. The molecule has 5 nitrogen and oxygen atoms in total. The van der Waals surface area contributed by atoms with Crippen LogP contribution >= 0.6 is 23.1 Å². The van der Waals surface area contributed by atoms with Crippen LogP contribution in [-0.2, 0) is 17.6 Å². The Morgan fingerprint density at radius 2 is 2.08 bits per heavy atom. The normalized spacial score (nSPS) is 17.0. The number of aromatic nitrogens is 2. The summed E-state index contributed by atoms with van der Waals surface area (Å²) in [6, 6.07) is 2.56. The van der Waals surface area contributed by atoms with Gasteiger partial charge in [0.15, 0.2) is 0 Å². The molecule has 0 saturated carbocycles. The second-order valence-corrected chi connectivity index (χ2v) is 9.62. The number of hydrogen-bond donors (Lipinski definition) is 0. The number of fused-ring (bicyclic) bond motifs is 1. The number of nitrogens with zero attached hydrogens (tertiary/aromatic N) is 3. The van der Waals surface area contributed by atoms with Crippen molar-refractivity contribution in [1.29, 1.82) is 0 Å². The Balaban J connectivity index is 1.64. The number of hydrogen-bond acceptors (Lipinski definition) is 6. The van der Waals surface area contributed by atoms with E-state index < -0.39 is 0 Å². The molecule has 1 amide bonds. The first-order chi connectivity index (χ1) is 12.3. The molecule has 1 aliphatic rings. The number of thioether (sulfide) groups is 1. The maximum Gasteiger partial charge on any atom is 0.277 e. The average Bonchev–Trinajstić information content (AvgIpc) is 3.18. The largest absolute Gasteiger partial charge is 0.410 e. The molecule has 7 heteroatoms. The van der Waals surface area contributed by atoms with Crippen LogP contribution in [0.4, 0.5) is 0 Å². The third-order valence-electron chi connectivity index (χ3n) is 4.67. The van der Waals surface area contributed by atoms with Crippen molar-refractivity contribution in [3.8, 4) is 10.8 Å². The van der Waals surface area contributed by atoms with Gasteiger partial charge in [-0.2, -0.15) is 0 Å². The Kier molecular flexibility index (Phi) is 6.07. The third kappa shape index (κ3) is 4.31. The van der Waals surface area contributed by atoms with Crippen molar-refractivity contribution < 1.29 is 9.21 Å². The van der Waals surface area contributed by atoms with Gasteiger partial charge in [0.25, 0.3) is 11.1 Å². The van der Waals surface area contributed by atoms with E-state index in [2.05, 4.69) is 23.2 Å². The number of thiophene rings is 1. The summed E-state index contributed by atoms with van der Waals surface area (Å²) in [4.78, 5) is 16.8. The quantitative estimate of drug-likeness (QED) is 0.668. The van der Waals surface area contributed by atoms with E-state index in [0.717, 1.165) is 23.6 Å². The van der Waals surface area contributed by atoms with Crippen molar-refractivity contribution in [1.82, 2.24) is 15.1 Å². The van der Waals surface area contributed by atoms with E-state index in [-0.39, 0.29) is 18.0 Å². The molecule has 1 aliphatic carbocycles. The van der Waals surface area contributed by atoms with E-state index in [9.17, 15) is 4.79 Å². The highest BCUT2D eigenvalue weighted by atomic mass is 32.2. The van der Waals surface area contributed by atoms with Gasteiger partial charge in [0.1, 0.15) is 0 Å². The lowest BCUT2D eigenvalue weighted by Crippen LogP contribution is -2.43. The Hall–Kier alpha value is -1.34. The van der Waals surface area contributed by atoms with Crippen LogP contribution in [0.3, 0.4) is 0 Å². The number of carbonyl (C=O) groups is 1. The van der Waals surface area contributed by atoms with E-state index >= 15 is 0 Å². The van der Waals surface area contributed by atoms with Crippen LogP contribution < -0.4 is 0 Å². The first-order valence-corrected chi connectivity index (χ1v) is 11.0. The maximum atomic E-state index is 12.5. The Bertz CT molecular complexity index is 759. The van der Waals surface area contributed by atoms with Crippen LogP contribution in [0.5, 0.6) is 0 Å². The highest BCUT2D eigenvalue weighted by Crippen LogP contribution is 2.37. The summed E-state index contributed by atoms with van der Waals surface area (Å²) >= 11 is 3.08. The molecule has 0 aliphatic heterocycles. The molecular weight excluding hydrogens is 366 g/mol. The number of rotatable bonds is 6. The molecule has 2 aromatic rings. The molecule has 0 radical (unpaired) electrons. The van der Waals surface area contributed by atoms with Crippen molar-refractivity contribution >= 4 is 29.0 Å². The lowest BCUT2D eigenvalue weighted by molar-refractivity contribution is -0.131. The van der Waals surface area contributed by atoms with E-state index in [1.807, 2.05) is 32.6 Å². The van der Waals surface area contributed by atoms with Gasteiger partial charge in [0.05, 0.1) is 10.6 Å². The molecular formula is C19H27N3O2S2. The lowest BCUT2D eigenvalue weighted by Gasteiger charge is -2.30. The fraction of sp³-hybridized carbons (Fsp3) is 0.632. The summed E-state index contributed by atoms with van der Waals surface area (Å²) in [5, 5.41) is 8.77. The van der Waals surface area contributed by atoms with Gasteiger partial charge in [-0.1, -0.05) is 18.7 Å². The van der Waals surface area contributed by atoms with Crippen molar-refractivity contribution in [3.63, 3.8) is 0 Å². The highest BCUT2D eigenvalue weighted by Gasteiger charge is 2.23. The van der Waals surface area contributed by atoms with E-state index in [1.54, 1.807) is 11.3 Å². The van der Waals surface area contributed by atoms with Gasteiger partial charge in [-0.05, 0) is 64.5 Å². The minimum Gasteiger partial charge on any atom is -0.410 e. The van der Waals surface area contributed by atoms with E-state index in [1.165, 1.54) is 28.6 Å². The van der Waals surface area contributed by atoms with E-state index in [4.69, 9.17) is 4.42 Å². The second-order valence-electron chi connectivity index (χ2n) is 7.56. The summed E-state index contributed by atoms with van der Waals surface area (Å²) in [6.07, 6.45) is 3.53. The summed E-state index contributed by atoms with van der Waals surface area (Å²) < 4.78 is 5.81. The standard InChI is InChI=1S/C19H27N3O2S2/c1-11(2)22(12(3)4)17(23)10-25-19-21-20-18(24-19)16-9-14-8-13(5)6-7-15(14)26-16/h9,11-13H,6-8,10H2,1-5H3/t13-/m0/s1. The molecule has 2 heterocycles. The maximum absolute atomic E-state index is 12.5. The smallest absolute Gasteiger partial charge is 0.277 e. The van der Waals surface area contributed by atoms with Gasteiger partial charge in [0, 0.05) is 17.0 Å². The molecule has 0 spiro atoms. The predicted octanol–water partition coefficient (Wildman–Crippen LogP) is 4.66. The van der Waals surface area contributed by atoms with Gasteiger partial charge >= 0.3 is 0 Å². The second kappa shape index (κ2) is 8.13. The molecule has 0 fully saturated rings. The number of carbonyl (C=O) groups excluding carboxylic acids is 1. The molecule has 0 unspecified atom stereocenters. The Morgan fingerprint density at radius 3 is 2.77 bits per heavy atom. The molecule has 0 saturated heterocycles. The lowest BCUT2D eigenvalue weighted by atomic mass is 9.90. The van der Waals surface area contributed by atoms with Crippen LogP contribution in [0, 0.1) is 5.92 Å². The van der Waals surface area contributed by atoms with E-state index in [0.29, 0.717) is 16.9 Å². The van der Waals surface area contributed by atoms with Gasteiger partial charge in [-0.25, -0.2) is 0 Å². The third-order valence-corrected chi connectivity index (χ3v) is 6.69. The van der Waals surface area contributed by atoms with Crippen LogP contribution in [0.1, 0.15) is 51.5 Å². The van der Waals surface area contributed by atoms with Crippen LogP contribution in [0.15, 0.2) is 15.7 Å². The van der Waals surface area contributed by atoms with Gasteiger partial charge in [0.2, 0.25) is 5.91 Å². The Labute approximate surface area is 163 Å². The SMILES string of the molecule is CC(C)N(C(=O)CSc1nnc(-c2cc3c(s2)CC[C@H](C)C3)o1)C(C)C. The topological polar surface area (TPSA) is 59.2 Å². The van der Waals surface area contributed by atoms with Crippen molar-refractivity contribution in [2.75, 3.05) is 5.75 Å². The monoisotopic (exact) mass is 393 g/mol. The molecule has 26 heavy (non-hydrogen) atoms. The molecule has 142 valence electrons. The molecule has 0 N–H and O–H groups in total. The van der Waals surface area contributed by atoms with Gasteiger partial charge in [-0.15, -0.1) is 21.5 Å². The average molecular weight is 394 g/mol. The number of amides is 1. The fourth-order valence-corrected chi connectivity index (χ4v) is 5.31. The molecule has 2 aromatic heterocycles. The summed E-state index contributed by atoms with van der Waals surface area (Å²) in [7, 11) is 0. The molecule has 1 atom stereocenters. The first kappa shape index (κ1) is 19.4. The van der Waals surface area contributed by atoms with Crippen molar-refractivity contribution in [3.05, 3.63) is 16.5 Å². The highest BCUT2D eigenvalue weighted by molar-refractivity contribution is 7.99. The number of aryl methyl sites for hydroxylation is 1. The summed E-state index contributed by atoms with van der Waals surface area (Å²) in [5.41, 5.74) is 1.43. The Morgan fingerprint density at radius 1 is 1.35 bits per heavy atom. The van der Waals surface area contributed by atoms with Crippen LogP contribution in [0.25, 0.3) is 10.8 Å². The minimum atomic E-state index is 0.0975. The van der Waals surface area contributed by atoms with Crippen LogP contribution in [0.2, 0.25) is 0 Å². The summed E-state index contributed by atoms with van der Waals surface area (Å²) in [5.74, 6) is 1.72. The van der Waals surface area contributed by atoms with Crippen molar-refractivity contribution in [2.24, 2.45) is 5.92 Å². The first-order valence-electron chi connectivity index (χ1n) is 9.24. The molecule has 3 rings (SSSR count). The van der Waals surface area contributed by atoms with Crippen LogP contribution in [-0.4, -0.2) is 38.8 Å². The molecule has 0 bridgehead atoms. The predicted molar refractivity (Wildman–Crippen MR) is 107 cm³/mol.